The number of hydrogen-bond donors (Lipinski definition) is 2. The Labute approximate surface area is 175 Å². The fourth-order valence-corrected chi connectivity index (χ4v) is 4.43. The molecule has 0 saturated carbocycles. The van der Waals surface area contributed by atoms with Crippen molar-refractivity contribution in [1.29, 1.82) is 0 Å². The van der Waals surface area contributed by atoms with E-state index >= 15 is 0 Å². The maximum atomic E-state index is 5.04. The van der Waals surface area contributed by atoms with Crippen LogP contribution in [0.25, 0.3) is 22.8 Å². The van der Waals surface area contributed by atoms with Crippen molar-refractivity contribution in [1.82, 2.24) is 30.6 Å². The lowest BCUT2D eigenvalue weighted by Gasteiger charge is -2.47. The maximum Gasteiger partial charge on any atom is 0.165 e. The normalized spacial score (nSPS) is 20.1. The van der Waals surface area contributed by atoms with Crippen LogP contribution in [-0.4, -0.2) is 49.2 Å². The number of hydrogen-bond acceptors (Lipinski definition) is 8. The summed E-state index contributed by atoms with van der Waals surface area (Å²) in [5, 5.41) is 11.8. The third kappa shape index (κ3) is 2.72. The summed E-state index contributed by atoms with van der Waals surface area (Å²) in [4.78, 5) is 18.8. The molecule has 9 nitrogen and oxygen atoms in total. The first-order chi connectivity index (χ1) is 14.6. The Balaban J connectivity index is 1.66. The van der Waals surface area contributed by atoms with Crippen molar-refractivity contribution in [2.24, 2.45) is 5.10 Å². The van der Waals surface area contributed by atoms with Crippen LogP contribution < -0.4 is 15.2 Å². The predicted molar refractivity (Wildman–Crippen MR) is 117 cm³/mol. The standard InChI is InChI=1S/C21H25N9/c1-5-16-21-28-26-13(4)30(21)17-11-23-19(25-20(17)29(16)12(2)3)14-10-24-27-18(14)15-8-6-7-9-22-15/h6-12,16,21,28H,5H2,1-4H3,(H,24,27)/t16-,21?/m1/s1. The Hall–Kier alpha value is -3.49. The van der Waals surface area contributed by atoms with E-state index < -0.39 is 0 Å². The van der Waals surface area contributed by atoms with Crippen LogP contribution in [0.2, 0.25) is 0 Å². The van der Waals surface area contributed by atoms with Gasteiger partial charge in [-0.15, -0.1) is 0 Å². The summed E-state index contributed by atoms with van der Waals surface area (Å²) in [5.41, 5.74) is 6.73. The molecule has 2 aliphatic rings. The van der Waals surface area contributed by atoms with E-state index in [4.69, 9.17) is 9.97 Å². The molecule has 5 rings (SSSR count). The number of hydrazone groups is 1. The molecule has 2 aliphatic heterocycles. The lowest BCUT2D eigenvalue weighted by Crippen LogP contribution is -2.61. The molecule has 0 radical (unpaired) electrons. The highest BCUT2D eigenvalue weighted by molar-refractivity contribution is 6.01. The van der Waals surface area contributed by atoms with Gasteiger partial charge in [-0.05, 0) is 39.3 Å². The topological polar surface area (TPSA) is 98.2 Å². The predicted octanol–water partition coefficient (Wildman–Crippen LogP) is 3.00. The van der Waals surface area contributed by atoms with Gasteiger partial charge < -0.3 is 4.90 Å². The highest BCUT2D eigenvalue weighted by atomic mass is 15.6. The van der Waals surface area contributed by atoms with Crippen molar-refractivity contribution < 1.29 is 0 Å². The van der Waals surface area contributed by atoms with Crippen LogP contribution in [0.4, 0.5) is 11.5 Å². The number of anilines is 2. The molecular weight excluding hydrogens is 378 g/mol. The summed E-state index contributed by atoms with van der Waals surface area (Å²) >= 11 is 0. The zero-order valence-corrected chi connectivity index (χ0v) is 17.5. The number of aromatic nitrogens is 5. The molecule has 9 heteroatoms. The quantitative estimate of drug-likeness (QED) is 0.691. The number of pyridine rings is 1. The highest BCUT2D eigenvalue weighted by Gasteiger charge is 2.44. The Bertz CT molecular complexity index is 1090. The molecule has 0 spiro atoms. The molecular formula is C21H25N9. The van der Waals surface area contributed by atoms with Crippen molar-refractivity contribution in [3.05, 3.63) is 36.8 Å². The number of aromatic amines is 1. The number of nitrogens with zero attached hydrogens (tertiary/aromatic N) is 7. The summed E-state index contributed by atoms with van der Waals surface area (Å²) in [7, 11) is 0. The van der Waals surface area contributed by atoms with Gasteiger partial charge in [0.25, 0.3) is 0 Å². The molecule has 0 aromatic carbocycles. The van der Waals surface area contributed by atoms with Gasteiger partial charge in [0.05, 0.1) is 35.4 Å². The number of H-pyrrole nitrogens is 1. The van der Waals surface area contributed by atoms with Crippen molar-refractivity contribution in [2.75, 3.05) is 9.80 Å². The van der Waals surface area contributed by atoms with Gasteiger partial charge in [0.15, 0.2) is 11.6 Å². The second-order valence-corrected chi connectivity index (χ2v) is 7.86. The first-order valence-corrected chi connectivity index (χ1v) is 10.3. The zero-order valence-electron chi connectivity index (χ0n) is 17.5. The van der Waals surface area contributed by atoms with E-state index in [1.54, 1.807) is 12.4 Å². The molecule has 3 aromatic heterocycles. The van der Waals surface area contributed by atoms with Gasteiger partial charge in [-0.3, -0.25) is 20.4 Å². The highest BCUT2D eigenvalue weighted by Crippen LogP contribution is 2.41. The first kappa shape index (κ1) is 18.5. The lowest BCUT2D eigenvalue weighted by molar-refractivity contribution is 0.397. The Morgan fingerprint density at radius 2 is 2.03 bits per heavy atom. The van der Waals surface area contributed by atoms with E-state index in [2.05, 4.69) is 56.3 Å². The minimum atomic E-state index is 0.0809. The van der Waals surface area contributed by atoms with E-state index in [-0.39, 0.29) is 18.2 Å². The zero-order chi connectivity index (χ0) is 20.8. The van der Waals surface area contributed by atoms with Crippen LogP contribution in [0.1, 0.15) is 34.1 Å². The Morgan fingerprint density at radius 3 is 2.77 bits per heavy atom. The molecule has 154 valence electrons. The third-order valence-electron chi connectivity index (χ3n) is 5.74. The first-order valence-electron chi connectivity index (χ1n) is 10.3. The van der Waals surface area contributed by atoms with Gasteiger partial charge in [-0.1, -0.05) is 13.0 Å². The van der Waals surface area contributed by atoms with Crippen molar-refractivity contribution >= 4 is 17.3 Å². The van der Waals surface area contributed by atoms with Crippen LogP contribution in [0, 0.1) is 0 Å². The molecule has 2 N–H and O–H groups in total. The number of rotatable bonds is 4. The minimum absolute atomic E-state index is 0.0809. The van der Waals surface area contributed by atoms with Crippen molar-refractivity contribution in [3.8, 4) is 22.8 Å². The van der Waals surface area contributed by atoms with Crippen LogP contribution in [0.15, 0.2) is 41.9 Å². The smallest absolute Gasteiger partial charge is 0.165 e. The SMILES string of the molecule is CC[C@@H]1C2NN=C(C)N2c2cnc(-c3cn[nH]c3-c3ccccn3)nc2N1C(C)C. The molecule has 0 bridgehead atoms. The van der Waals surface area contributed by atoms with E-state index in [0.717, 1.165) is 40.7 Å². The Kier molecular flexibility index (Phi) is 4.38. The molecule has 2 atom stereocenters. The fourth-order valence-electron chi connectivity index (χ4n) is 4.43. The van der Waals surface area contributed by atoms with E-state index in [1.807, 2.05) is 31.3 Å². The number of amidine groups is 1. The number of fused-ring (bicyclic) bond motifs is 3. The number of nitrogens with one attached hydrogen (secondary N) is 2. The monoisotopic (exact) mass is 403 g/mol. The Morgan fingerprint density at radius 1 is 1.17 bits per heavy atom. The average Bonchev–Trinajstić information content (AvgIpc) is 3.40. The van der Waals surface area contributed by atoms with Gasteiger partial charge in [-0.2, -0.15) is 10.2 Å². The largest absolute Gasteiger partial charge is 0.345 e. The molecule has 3 aromatic rings. The van der Waals surface area contributed by atoms with Gasteiger partial charge in [0.1, 0.15) is 17.7 Å². The van der Waals surface area contributed by atoms with Gasteiger partial charge in [0, 0.05) is 12.2 Å². The minimum Gasteiger partial charge on any atom is -0.345 e. The summed E-state index contributed by atoms with van der Waals surface area (Å²) in [6.45, 7) is 8.61. The van der Waals surface area contributed by atoms with Crippen LogP contribution >= 0.6 is 0 Å². The van der Waals surface area contributed by atoms with Crippen molar-refractivity contribution in [2.45, 2.75) is 52.4 Å². The maximum absolute atomic E-state index is 5.04. The van der Waals surface area contributed by atoms with E-state index in [1.165, 1.54) is 0 Å². The molecule has 0 saturated heterocycles. The summed E-state index contributed by atoms with van der Waals surface area (Å²) < 4.78 is 0. The second-order valence-electron chi connectivity index (χ2n) is 7.86. The van der Waals surface area contributed by atoms with Gasteiger partial charge >= 0.3 is 0 Å². The van der Waals surface area contributed by atoms with Gasteiger partial charge in [-0.25, -0.2) is 9.97 Å². The van der Waals surface area contributed by atoms with Gasteiger partial charge in [0.2, 0.25) is 0 Å². The summed E-state index contributed by atoms with van der Waals surface area (Å²) in [6, 6.07) is 6.31. The third-order valence-corrected chi connectivity index (χ3v) is 5.74. The van der Waals surface area contributed by atoms with E-state index in [0.29, 0.717) is 5.82 Å². The molecule has 1 unspecified atom stereocenters. The van der Waals surface area contributed by atoms with E-state index in [9.17, 15) is 0 Å². The lowest BCUT2D eigenvalue weighted by atomic mass is 10.0. The molecule has 30 heavy (non-hydrogen) atoms. The van der Waals surface area contributed by atoms with Crippen LogP contribution in [0.3, 0.4) is 0 Å². The van der Waals surface area contributed by atoms with Crippen LogP contribution in [-0.2, 0) is 0 Å². The van der Waals surface area contributed by atoms with Crippen molar-refractivity contribution in [3.63, 3.8) is 0 Å². The molecule has 0 aliphatic carbocycles. The second kappa shape index (κ2) is 7.08. The average molecular weight is 403 g/mol. The summed E-state index contributed by atoms with van der Waals surface area (Å²) in [5.74, 6) is 2.48. The molecule has 5 heterocycles. The molecule has 0 fully saturated rings. The molecule has 0 amide bonds. The van der Waals surface area contributed by atoms with Crippen LogP contribution in [0.5, 0.6) is 0 Å². The fraction of sp³-hybridized carbons (Fsp3) is 0.381. The summed E-state index contributed by atoms with van der Waals surface area (Å²) in [6.07, 6.45) is 6.48.